The lowest BCUT2D eigenvalue weighted by Crippen LogP contribution is -2.20. The van der Waals surface area contributed by atoms with Crippen LogP contribution in [0.5, 0.6) is 5.75 Å². The summed E-state index contributed by atoms with van der Waals surface area (Å²) in [7, 11) is 1.67. The van der Waals surface area contributed by atoms with Gasteiger partial charge in [-0.1, -0.05) is 12.1 Å². The van der Waals surface area contributed by atoms with Gasteiger partial charge in [-0.05, 0) is 44.4 Å². The minimum atomic E-state index is 0.274. The minimum absolute atomic E-state index is 0.274. The summed E-state index contributed by atoms with van der Waals surface area (Å²) in [6.45, 7) is 5.68. The minimum Gasteiger partial charge on any atom is -0.497 e. The Bertz CT molecular complexity index is 912. The van der Waals surface area contributed by atoms with Crippen molar-refractivity contribution in [1.29, 1.82) is 0 Å². The molecule has 1 saturated heterocycles. The average molecular weight is 352 g/mol. The van der Waals surface area contributed by atoms with Gasteiger partial charge in [0.1, 0.15) is 11.6 Å². The smallest absolute Gasteiger partial charge is 0.165 e. The molecular formula is C20H24N4O2. The summed E-state index contributed by atoms with van der Waals surface area (Å²) >= 11 is 0. The third-order valence-electron chi connectivity index (χ3n) is 4.81. The van der Waals surface area contributed by atoms with E-state index < -0.39 is 0 Å². The molecule has 136 valence electrons. The standard InChI is InChI=1S/C20H24N4O2/c1-13-11-18(21-12-17-5-4-10-26-17)24-20(22-13)19(14(2)23-24)15-6-8-16(25-3)9-7-15/h6-9,11,17,21H,4-5,10,12H2,1-3H3. The Morgan fingerprint density at radius 2 is 2.08 bits per heavy atom. The van der Waals surface area contributed by atoms with E-state index in [1.54, 1.807) is 7.11 Å². The van der Waals surface area contributed by atoms with E-state index in [-0.39, 0.29) is 6.10 Å². The van der Waals surface area contributed by atoms with Crippen molar-refractivity contribution >= 4 is 11.5 Å². The molecule has 3 heterocycles. The molecule has 0 amide bonds. The maximum Gasteiger partial charge on any atom is 0.165 e. The molecule has 1 aliphatic heterocycles. The van der Waals surface area contributed by atoms with E-state index in [1.165, 1.54) is 0 Å². The van der Waals surface area contributed by atoms with E-state index >= 15 is 0 Å². The van der Waals surface area contributed by atoms with Gasteiger partial charge in [-0.25, -0.2) is 4.98 Å². The number of aryl methyl sites for hydroxylation is 2. The van der Waals surface area contributed by atoms with Crippen LogP contribution in [0.4, 0.5) is 5.82 Å². The summed E-state index contributed by atoms with van der Waals surface area (Å²) in [6.07, 6.45) is 2.52. The average Bonchev–Trinajstić information content (AvgIpc) is 3.27. The number of hydrogen-bond donors (Lipinski definition) is 1. The van der Waals surface area contributed by atoms with Gasteiger partial charge in [0, 0.05) is 30.5 Å². The Labute approximate surface area is 153 Å². The molecule has 0 radical (unpaired) electrons. The van der Waals surface area contributed by atoms with Crippen LogP contribution in [0.1, 0.15) is 24.2 Å². The highest BCUT2D eigenvalue weighted by molar-refractivity contribution is 5.81. The van der Waals surface area contributed by atoms with E-state index in [0.717, 1.165) is 65.7 Å². The number of nitrogens with one attached hydrogen (secondary N) is 1. The fourth-order valence-electron chi connectivity index (χ4n) is 3.49. The van der Waals surface area contributed by atoms with Crippen molar-refractivity contribution in [3.8, 4) is 16.9 Å². The van der Waals surface area contributed by atoms with Crippen LogP contribution < -0.4 is 10.1 Å². The summed E-state index contributed by atoms with van der Waals surface area (Å²) in [5.74, 6) is 1.79. The first-order valence-electron chi connectivity index (χ1n) is 9.02. The first-order chi connectivity index (χ1) is 12.7. The number of anilines is 1. The van der Waals surface area contributed by atoms with Crippen LogP contribution >= 0.6 is 0 Å². The van der Waals surface area contributed by atoms with Gasteiger partial charge in [0.15, 0.2) is 5.65 Å². The lowest BCUT2D eigenvalue weighted by Gasteiger charge is -2.13. The van der Waals surface area contributed by atoms with Crippen molar-refractivity contribution in [3.05, 3.63) is 41.7 Å². The van der Waals surface area contributed by atoms with Gasteiger partial charge in [0.25, 0.3) is 0 Å². The number of fused-ring (bicyclic) bond motifs is 1. The molecule has 1 aromatic carbocycles. The molecule has 0 aliphatic carbocycles. The zero-order valence-electron chi connectivity index (χ0n) is 15.5. The molecule has 26 heavy (non-hydrogen) atoms. The zero-order chi connectivity index (χ0) is 18.1. The van der Waals surface area contributed by atoms with Crippen LogP contribution in [-0.2, 0) is 4.74 Å². The first kappa shape index (κ1) is 16.8. The number of methoxy groups -OCH3 is 1. The SMILES string of the molecule is COc1ccc(-c2c(C)nn3c(NCC4CCCO4)cc(C)nc23)cc1. The molecule has 6 nitrogen and oxygen atoms in total. The van der Waals surface area contributed by atoms with Gasteiger partial charge in [-0.2, -0.15) is 9.61 Å². The molecule has 3 aromatic rings. The molecule has 4 rings (SSSR count). The van der Waals surface area contributed by atoms with Crippen LogP contribution in [0.3, 0.4) is 0 Å². The topological polar surface area (TPSA) is 60.7 Å². The maximum atomic E-state index is 5.72. The summed E-state index contributed by atoms with van der Waals surface area (Å²) in [4.78, 5) is 4.75. The molecule has 0 bridgehead atoms. The van der Waals surface area contributed by atoms with Crippen LogP contribution in [0, 0.1) is 13.8 Å². The second-order valence-corrected chi connectivity index (χ2v) is 6.72. The molecular weight excluding hydrogens is 328 g/mol. The normalized spacial score (nSPS) is 17.0. The van der Waals surface area contributed by atoms with Crippen LogP contribution in [0.2, 0.25) is 0 Å². The van der Waals surface area contributed by atoms with Crippen molar-refractivity contribution in [2.45, 2.75) is 32.8 Å². The summed E-state index contributed by atoms with van der Waals surface area (Å²) in [5, 5.41) is 8.23. The number of rotatable bonds is 5. The molecule has 6 heteroatoms. The fraction of sp³-hybridized carbons (Fsp3) is 0.400. The van der Waals surface area contributed by atoms with Gasteiger partial charge in [0.05, 0.1) is 18.9 Å². The Hall–Kier alpha value is -2.60. The molecule has 0 spiro atoms. The quantitative estimate of drug-likeness (QED) is 0.760. The highest BCUT2D eigenvalue weighted by Gasteiger charge is 2.18. The van der Waals surface area contributed by atoms with Crippen LogP contribution in [0.15, 0.2) is 30.3 Å². The van der Waals surface area contributed by atoms with Gasteiger partial charge >= 0.3 is 0 Å². The fourth-order valence-corrected chi connectivity index (χ4v) is 3.49. The molecule has 1 atom stereocenters. The molecule has 2 aromatic heterocycles. The number of nitrogens with zero attached hydrogens (tertiary/aromatic N) is 3. The van der Waals surface area contributed by atoms with Gasteiger partial charge in [-0.3, -0.25) is 0 Å². The highest BCUT2D eigenvalue weighted by atomic mass is 16.5. The van der Waals surface area contributed by atoms with Gasteiger partial charge in [-0.15, -0.1) is 0 Å². The zero-order valence-corrected chi connectivity index (χ0v) is 15.5. The number of aromatic nitrogens is 3. The molecule has 1 N–H and O–H groups in total. The summed E-state index contributed by atoms with van der Waals surface area (Å²) in [5.41, 5.74) is 4.91. The van der Waals surface area contributed by atoms with Crippen LogP contribution in [-0.4, -0.2) is 41.0 Å². The third-order valence-corrected chi connectivity index (χ3v) is 4.81. The van der Waals surface area contributed by atoms with Crippen molar-refractivity contribution in [2.75, 3.05) is 25.6 Å². The maximum absolute atomic E-state index is 5.72. The van der Waals surface area contributed by atoms with Crippen molar-refractivity contribution in [3.63, 3.8) is 0 Å². The highest BCUT2D eigenvalue weighted by Crippen LogP contribution is 2.30. The van der Waals surface area contributed by atoms with E-state index in [0.29, 0.717) is 0 Å². The first-order valence-corrected chi connectivity index (χ1v) is 9.02. The summed E-state index contributed by atoms with van der Waals surface area (Å²) < 4.78 is 12.9. The van der Waals surface area contributed by atoms with E-state index in [4.69, 9.17) is 19.6 Å². The Morgan fingerprint density at radius 3 is 2.77 bits per heavy atom. The van der Waals surface area contributed by atoms with E-state index in [1.807, 2.05) is 48.7 Å². The number of ether oxygens (including phenoxy) is 2. The Morgan fingerprint density at radius 1 is 1.27 bits per heavy atom. The predicted molar refractivity (Wildman–Crippen MR) is 102 cm³/mol. The lowest BCUT2D eigenvalue weighted by molar-refractivity contribution is 0.120. The molecule has 0 saturated carbocycles. The van der Waals surface area contributed by atoms with E-state index in [2.05, 4.69) is 5.32 Å². The number of benzene rings is 1. The summed E-state index contributed by atoms with van der Waals surface area (Å²) in [6, 6.07) is 10.1. The Balaban J connectivity index is 1.73. The predicted octanol–water partition coefficient (Wildman–Crippen LogP) is 3.61. The number of hydrogen-bond acceptors (Lipinski definition) is 5. The van der Waals surface area contributed by atoms with Crippen molar-refractivity contribution in [1.82, 2.24) is 14.6 Å². The lowest BCUT2D eigenvalue weighted by atomic mass is 10.1. The van der Waals surface area contributed by atoms with Crippen molar-refractivity contribution in [2.24, 2.45) is 0 Å². The van der Waals surface area contributed by atoms with Gasteiger partial charge in [0.2, 0.25) is 0 Å². The van der Waals surface area contributed by atoms with Crippen molar-refractivity contribution < 1.29 is 9.47 Å². The Kier molecular flexibility index (Phi) is 4.51. The van der Waals surface area contributed by atoms with E-state index in [9.17, 15) is 0 Å². The van der Waals surface area contributed by atoms with Crippen LogP contribution in [0.25, 0.3) is 16.8 Å². The van der Waals surface area contributed by atoms with Gasteiger partial charge < -0.3 is 14.8 Å². The second-order valence-electron chi connectivity index (χ2n) is 6.72. The second kappa shape index (κ2) is 6.96. The molecule has 1 unspecified atom stereocenters. The third kappa shape index (κ3) is 3.12. The monoisotopic (exact) mass is 352 g/mol. The largest absolute Gasteiger partial charge is 0.497 e. The molecule has 1 fully saturated rings. The molecule has 1 aliphatic rings.